The molecule has 29 heavy (non-hydrogen) atoms. The van der Waals surface area contributed by atoms with Gasteiger partial charge in [-0.1, -0.05) is 58.5 Å². The van der Waals surface area contributed by atoms with Gasteiger partial charge in [0.2, 0.25) is 11.7 Å². The molecule has 0 saturated carbocycles. The molecule has 0 aliphatic heterocycles. The topological polar surface area (TPSA) is 72.7 Å². The molecule has 0 bridgehead atoms. The number of aromatic nitrogens is 4. The van der Waals surface area contributed by atoms with Gasteiger partial charge in [0.25, 0.3) is 0 Å². The summed E-state index contributed by atoms with van der Waals surface area (Å²) in [5, 5.41) is 13.8. The van der Waals surface area contributed by atoms with Gasteiger partial charge < -0.3 is 5.32 Å². The fraction of sp³-hybridized carbons (Fsp3) is 0.125. The Morgan fingerprint density at radius 1 is 1.07 bits per heavy atom. The fourth-order valence-electron chi connectivity index (χ4n) is 2.25. The third-order valence-electron chi connectivity index (χ3n) is 3.56. The predicted octanol–water partition coefficient (Wildman–Crippen LogP) is 5.61. The molecule has 0 aliphatic carbocycles. The van der Waals surface area contributed by atoms with E-state index in [2.05, 4.69) is 20.7 Å². The van der Waals surface area contributed by atoms with Gasteiger partial charge in [0.1, 0.15) is 6.54 Å². The van der Waals surface area contributed by atoms with Crippen molar-refractivity contribution in [3.05, 3.63) is 56.0 Å². The van der Waals surface area contributed by atoms with E-state index in [4.69, 9.17) is 46.4 Å². The summed E-state index contributed by atoms with van der Waals surface area (Å²) in [5.74, 6) is -0.717. The van der Waals surface area contributed by atoms with Crippen molar-refractivity contribution >= 4 is 58.0 Å². The van der Waals surface area contributed by atoms with Gasteiger partial charge >= 0.3 is 6.18 Å². The lowest BCUT2D eigenvalue weighted by atomic mass is 10.1. The van der Waals surface area contributed by atoms with Gasteiger partial charge in [0, 0.05) is 5.56 Å². The number of carbonyl (C=O) groups is 1. The summed E-state index contributed by atoms with van der Waals surface area (Å²) in [4.78, 5) is 13.1. The van der Waals surface area contributed by atoms with Crippen LogP contribution in [0.25, 0.3) is 11.4 Å². The molecule has 0 radical (unpaired) electrons. The molecule has 1 aromatic heterocycles. The van der Waals surface area contributed by atoms with Crippen LogP contribution in [-0.2, 0) is 17.5 Å². The van der Waals surface area contributed by atoms with Crippen molar-refractivity contribution in [3.63, 3.8) is 0 Å². The number of hydrogen-bond acceptors (Lipinski definition) is 4. The van der Waals surface area contributed by atoms with Gasteiger partial charge in [0.05, 0.1) is 31.3 Å². The number of carbonyl (C=O) groups excluding carboxylic acids is 1. The number of tetrazole rings is 1. The number of alkyl halides is 3. The van der Waals surface area contributed by atoms with Crippen molar-refractivity contribution in [2.45, 2.75) is 12.7 Å². The summed E-state index contributed by atoms with van der Waals surface area (Å²) >= 11 is 23.9. The largest absolute Gasteiger partial charge is 0.416 e. The molecule has 3 aromatic rings. The van der Waals surface area contributed by atoms with E-state index in [0.717, 1.165) is 16.9 Å². The number of rotatable bonds is 4. The first kappa shape index (κ1) is 21.6. The number of hydrogen-bond donors (Lipinski definition) is 1. The first-order valence-electron chi connectivity index (χ1n) is 7.64. The van der Waals surface area contributed by atoms with Crippen LogP contribution in [0, 0.1) is 0 Å². The van der Waals surface area contributed by atoms with Crippen molar-refractivity contribution in [2.24, 2.45) is 0 Å². The zero-order chi connectivity index (χ0) is 21.3. The van der Waals surface area contributed by atoms with E-state index >= 15 is 0 Å². The average molecular weight is 485 g/mol. The fourth-order valence-corrected chi connectivity index (χ4v) is 3.15. The van der Waals surface area contributed by atoms with Crippen LogP contribution in [0.2, 0.25) is 20.1 Å². The van der Waals surface area contributed by atoms with Crippen LogP contribution in [0.4, 0.5) is 18.9 Å². The molecule has 1 heterocycles. The lowest BCUT2D eigenvalue weighted by Gasteiger charge is -2.11. The molecular formula is C16H8Cl4F3N5O. The first-order valence-corrected chi connectivity index (χ1v) is 9.15. The number of anilines is 1. The second-order valence-corrected chi connectivity index (χ2v) is 7.18. The van der Waals surface area contributed by atoms with Gasteiger partial charge in [-0.2, -0.15) is 18.0 Å². The minimum atomic E-state index is -4.51. The Labute approximate surface area is 181 Å². The molecule has 0 spiro atoms. The van der Waals surface area contributed by atoms with Crippen molar-refractivity contribution < 1.29 is 18.0 Å². The third-order valence-corrected chi connectivity index (χ3v) is 5.14. The number of nitrogens with one attached hydrogen (secondary N) is 1. The quantitative estimate of drug-likeness (QED) is 0.488. The molecule has 0 aliphatic rings. The van der Waals surface area contributed by atoms with Gasteiger partial charge in [-0.3, -0.25) is 4.79 Å². The molecule has 1 N–H and O–H groups in total. The summed E-state index contributed by atoms with van der Waals surface area (Å²) in [6, 6.07) is 5.74. The van der Waals surface area contributed by atoms with Gasteiger partial charge in [-0.15, -0.1) is 10.2 Å². The minimum Gasteiger partial charge on any atom is -0.322 e. The summed E-state index contributed by atoms with van der Waals surface area (Å²) in [7, 11) is 0. The zero-order valence-electron chi connectivity index (χ0n) is 13.9. The van der Waals surface area contributed by atoms with Gasteiger partial charge in [0.15, 0.2) is 0 Å². The summed E-state index contributed by atoms with van der Waals surface area (Å²) in [6.45, 7) is -0.414. The van der Waals surface area contributed by atoms with E-state index < -0.39 is 24.2 Å². The van der Waals surface area contributed by atoms with Crippen molar-refractivity contribution in [1.29, 1.82) is 0 Å². The Bertz CT molecular complexity index is 1060. The maximum atomic E-state index is 12.8. The highest BCUT2D eigenvalue weighted by molar-refractivity contribution is 6.50. The van der Waals surface area contributed by atoms with E-state index in [0.29, 0.717) is 0 Å². The molecule has 152 valence electrons. The molecule has 0 unspecified atom stereocenters. The van der Waals surface area contributed by atoms with Crippen LogP contribution in [0.5, 0.6) is 0 Å². The highest BCUT2D eigenvalue weighted by Crippen LogP contribution is 2.41. The molecule has 0 atom stereocenters. The van der Waals surface area contributed by atoms with Gasteiger partial charge in [-0.25, -0.2) is 0 Å². The lowest BCUT2D eigenvalue weighted by Crippen LogP contribution is -2.21. The van der Waals surface area contributed by atoms with Crippen LogP contribution >= 0.6 is 46.4 Å². The van der Waals surface area contributed by atoms with E-state index in [1.54, 1.807) is 0 Å². The Kier molecular flexibility index (Phi) is 6.23. The van der Waals surface area contributed by atoms with Crippen molar-refractivity contribution in [2.75, 3.05) is 5.32 Å². The average Bonchev–Trinajstić information content (AvgIpc) is 3.11. The standard InChI is InChI=1S/C16H8Cl4F3N5O/c17-9-5-10(18)13(20)14(12(9)19)24-11(29)6-28-26-15(25-27-28)7-2-1-3-8(4-7)16(21,22)23/h1-5H,6H2,(H,24,29). The molecule has 1 amide bonds. The van der Waals surface area contributed by atoms with Crippen LogP contribution in [0.15, 0.2) is 30.3 Å². The SMILES string of the molecule is O=C(Cn1nnc(-c2cccc(C(F)(F)F)c2)n1)Nc1c(Cl)c(Cl)cc(Cl)c1Cl. The Balaban J connectivity index is 1.77. The molecule has 6 nitrogen and oxygen atoms in total. The van der Waals surface area contributed by atoms with Crippen molar-refractivity contribution in [1.82, 2.24) is 20.2 Å². The van der Waals surface area contributed by atoms with Crippen molar-refractivity contribution in [3.8, 4) is 11.4 Å². The molecule has 0 fully saturated rings. The molecular weight excluding hydrogens is 477 g/mol. The number of halogens is 7. The lowest BCUT2D eigenvalue weighted by molar-refractivity contribution is -0.137. The Hall–Kier alpha value is -2.07. The normalized spacial score (nSPS) is 11.6. The van der Waals surface area contributed by atoms with E-state index in [1.165, 1.54) is 18.2 Å². The predicted molar refractivity (Wildman–Crippen MR) is 103 cm³/mol. The van der Waals surface area contributed by atoms with Crippen LogP contribution in [0.1, 0.15) is 5.56 Å². The second kappa shape index (κ2) is 8.35. The van der Waals surface area contributed by atoms with Gasteiger partial charge in [-0.05, 0) is 23.4 Å². The van der Waals surface area contributed by atoms with E-state index in [9.17, 15) is 18.0 Å². The van der Waals surface area contributed by atoms with Crippen LogP contribution in [-0.4, -0.2) is 26.1 Å². The van der Waals surface area contributed by atoms with Crippen LogP contribution < -0.4 is 5.32 Å². The molecule has 13 heteroatoms. The smallest absolute Gasteiger partial charge is 0.322 e. The molecule has 3 rings (SSSR count). The van der Waals surface area contributed by atoms with Crippen LogP contribution in [0.3, 0.4) is 0 Å². The Morgan fingerprint density at radius 2 is 1.72 bits per heavy atom. The third kappa shape index (κ3) is 4.92. The number of amides is 1. The maximum absolute atomic E-state index is 12.8. The molecule has 0 saturated heterocycles. The monoisotopic (exact) mass is 483 g/mol. The summed E-state index contributed by atoms with van der Waals surface area (Å²) in [6.07, 6.45) is -4.51. The minimum absolute atomic E-state index is 0.00838. The summed E-state index contributed by atoms with van der Waals surface area (Å²) < 4.78 is 38.5. The first-order chi connectivity index (χ1) is 13.6. The molecule has 2 aromatic carbocycles. The Morgan fingerprint density at radius 3 is 2.34 bits per heavy atom. The number of benzene rings is 2. The second-order valence-electron chi connectivity index (χ2n) is 5.61. The number of nitrogens with zero attached hydrogens (tertiary/aromatic N) is 4. The zero-order valence-corrected chi connectivity index (χ0v) is 17.0. The van der Waals surface area contributed by atoms with E-state index in [1.807, 2.05) is 0 Å². The maximum Gasteiger partial charge on any atom is 0.416 e. The summed E-state index contributed by atoms with van der Waals surface area (Å²) in [5.41, 5.74) is -0.751. The highest BCUT2D eigenvalue weighted by Gasteiger charge is 2.30. The van der Waals surface area contributed by atoms with E-state index in [-0.39, 0.29) is 37.2 Å². The highest BCUT2D eigenvalue weighted by atomic mass is 35.5.